The molecule has 1 aliphatic rings. The molecular weight excluding hydrogens is 451 g/mol. The van der Waals surface area contributed by atoms with Crippen molar-refractivity contribution in [3.63, 3.8) is 0 Å². The Bertz CT molecular complexity index is 1130. The van der Waals surface area contributed by atoms with Crippen molar-refractivity contribution < 1.29 is 3.07 Å². The van der Waals surface area contributed by atoms with Crippen LogP contribution in [0.2, 0.25) is 0 Å². The summed E-state index contributed by atoms with van der Waals surface area (Å²) < 4.78 is 7.09. The van der Waals surface area contributed by atoms with E-state index < -0.39 is 0 Å². The summed E-state index contributed by atoms with van der Waals surface area (Å²) in [6.45, 7) is 2.08. The topological polar surface area (TPSA) is 44.1 Å². The van der Waals surface area contributed by atoms with Crippen molar-refractivity contribution in [1.29, 1.82) is 0 Å². The van der Waals surface area contributed by atoms with Crippen molar-refractivity contribution in [2.75, 3.05) is 0 Å². The van der Waals surface area contributed by atoms with Crippen LogP contribution in [0, 0.1) is 0 Å². The van der Waals surface area contributed by atoms with E-state index in [2.05, 4.69) is 30.1 Å². The normalized spacial score (nSPS) is 13.6. The molecule has 0 bridgehead atoms. The molecule has 2 aromatic heterocycles. The number of aryl methyl sites for hydroxylation is 1. The van der Waals surface area contributed by atoms with Gasteiger partial charge in [-0.1, -0.05) is 37.3 Å². The number of nitrogens with zero attached hydrogens (tertiary/aromatic N) is 2. The van der Waals surface area contributed by atoms with Crippen LogP contribution in [0.1, 0.15) is 25.5 Å². The average Bonchev–Trinajstić information content (AvgIpc) is 2.73. The van der Waals surface area contributed by atoms with Crippen LogP contribution in [0.15, 0.2) is 65.6 Å². The number of aromatic nitrogens is 2. The second kappa shape index (κ2) is 7.68. The number of pyridine rings is 2. The zero-order valence-corrected chi connectivity index (χ0v) is 17.1. The predicted octanol–water partition coefficient (Wildman–Crippen LogP) is 5.55. The van der Waals surface area contributed by atoms with Crippen molar-refractivity contribution in [2.24, 2.45) is 0 Å². The molecule has 3 aromatic rings. The summed E-state index contributed by atoms with van der Waals surface area (Å²) in [5.74, 6) is 0.522. The molecule has 0 saturated heterocycles. The Balaban J connectivity index is 2.04. The molecule has 0 N–H and O–H groups in total. The molecule has 2 heterocycles. The fourth-order valence-corrected chi connectivity index (χ4v) is 3.82. The SMILES string of the molecule is CCc1cc2cccc(-c3ccnc(OI)c3)c2c(=O)n1C1=CCCC=C1. The van der Waals surface area contributed by atoms with Gasteiger partial charge in [-0.3, -0.25) is 9.36 Å². The van der Waals surface area contributed by atoms with E-state index in [9.17, 15) is 4.79 Å². The van der Waals surface area contributed by atoms with E-state index >= 15 is 0 Å². The van der Waals surface area contributed by atoms with Gasteiger partial charge in [-0.25, -0.2) is 4.98 Å². The molecule has 4 rings (SSSR count). The highest BCUT2D eigenvalue weighted by atomic mass is 127. The van der Waals surface area contributed by atoms with E-state index in [0.717, 1.165) is 52.6 Å². The zero-order chi connectivity index (χ0) is 18.8. The van der Waals surface area contributed by atoms with E-state index in [4.69, 9.17) is 3.07 Å². The minimum Gasteiger partial charge on any atom is -0.408 e. The van der Waals surface area contributed by atoms with E-state index in [1.165, 1.54) is 0 Å². The summed E-state index contributed by atoms with van der Waals surface area (Å²) in [6.07, 6.45) is 10.8. The van der Waals surface area contributed by atoms with Crippen LogP contribution < -0.4 is 8.63 Å². The van der Waals surface area contributed by atoms with Gasteiger partial charge in [0.2, 0.25) is 5.88 Å². The Morgan fingerprint density at radius 2 is 2.11 bits per heavy atom. The smallest absolute Gasteiger partial charge is 0.263 e. The Kier molecular flexibility index (Phi) is 5.11. The van der Waals surface area contributed by atoms with Crippen molar-refractivity contribution >= 4 is 39.5 Å². The fourth-order valence-electron chi connectivity index (χ4n) is 3.58. The third-order valence-corrected chi connectivity index (χ3v) is 5.29. The first-order valence-electron chi connectivity index (χ1n) is 9.02. The molecule has 0 fully saturated rings. The Morgan fingerprint density at radius 1 is 1.22 bits per heavy atom. The van der Waals surface area contributed by atoms with Crippen molar-refractivity contribution in [3.8, 4) is 17.0 Å². The second-order valence-corrected chi connectivity index (χ2v) is 6.91. The standard InChI is InChI=1S/C22H19IN2O2/c1-2-17-13-16-7-6-10-19(15-11-12-24-20(14-15)27-23)21(16)22(26)25(17)18-8-4-3-5-9-18/h4,6-14H,2-3,5H2,1H3. The summed E-state index contributed by atoms with van der Waals surface area (Å²) in [7, 11) is 0. The quantitative estimate of drug-likeness (QED) is 0.470. The van der Waals surface area contributed by atoms with Gasteiger partial charge in [-0.15, -0.1) is 0 Å². The third-order valence-electron chi connectivity index (χ3n) is 4.84. The summed E-state index contributed by atoms with van der Waals surface area (Å²) in [5, 5.41) is 1.68. The van der Waals surface area contributed by atoms with Gasteiger partial charge in [0.05, 0.1) is 5.39 Å². The lowest BCUT2D eigenvalue weighted by Crippen LogP contribution is -2.23. The minimum absolute atomic E-state index is 0.0199. The summed E-state index contributed by atoms with van der Waals surface area (Å²) in [6, 6.07) is 11.9. The molecular formula is C22H19IN2O2. The average molecular weight is 470 g/mol. The Morgan fingerprint density at radius 3 is 2.85 bits per heavy atom. The van der Waals surface area contributed by atoms with Crippen LogP contribution in [-0.2, 0) is 6.42 Å². The van der Waals surface area contributed by atoms with Crippen LogP contribution in [0.4, 0.5) is 0 Å². The van der Waals surface area contributed by atoms with Gasteiger partial charge in [0, 0.05) is 23.7 Å². The molecule has 0 saturated carbocycles. The van der Waals surface area contributed by atoms with E-state index in [0.29, 0.717) is 5.88 Å². The maximum Gasteiger partial charge on any atom is 0.263 e. The maximum absolute atomic E-state index is 13.6. The summed E-state index contributed by atoms with van der Waals surface area (Å²) >= 11 is 1.81. The number of hydrogen-bond donors (Lipinski definition) is 0. The number of fused-ring (bicyclic) bond motifs is 1. The molecule has 0 spiro atoms. The molecule has 136 valence electrons. The van der Waals surface area contributed by atoms with Crippen molar-refractivity contribution in [3.05, 3.63) is 76.9 Å². The second-order valence-electron chi connectivity index (χ2n) is 6.47. The highest BCUT2D eigenvalue weighted by Gasteiger charge is 2.15. The minimum atomic E-state index is 0.0199. The molecule has 0 radical (unpaired) electrons. The van der Waals surface area contributed by atoms with E-state index in [-0.39, 0.29) is 5.56 Å². The predicted molar refractivity (Wildman–Crippen MR) is 118 cm³/mol. The van der Waals surface area contributed by atoms with Gasteiger partial charge in [0.15, 0.2) is 23.0 Å². The van der Waals surface area contributed by atoms with Crippen molar-refractivity contribution in [1.82, 2.24) is 9.55 Å². The van der Waals surface area contributed by atoms with Crippen LogP contribution in [0.3, 0.4) is 0 Å². The number of hydrogen-bond acceptors (Lipinski definition) is 3. The maximum atomic E-state index is 13.6. The highest BCUT2D eigenvalue weighted by Crippen LogP contribution is 2.30. The summed E-state index contributed by atoms with van der Waals surface area (Å²) in [5.41, 5.74) is 3.82. The number of benzene rings is 1. The highest BCUT2D eigenvalue weighted by molar-refractivity contribution is 14.1. The fraction of sp³-hybridized carbons (Fsp3) is 0.182. The van der Waals surface area contributed by atoms with Crippen molar-refractivity contribution in [2.45, 2.75) is 26.2 Å². The number of rotatable bonds is 4. The molecule has 5 heteroatoms. The molecule has 27 heavy (non-hydrogen) atoms. The first-order valence-corrected chi connectivity index (χ1v) is 9.90. The summed E-state index contributed by atoms with van der Waals surface area (Å²) in [4.78, 5) is 17.8. The third kappa shape index (κ3) is 3.32. The van der Waals surface area contributed by atoms with Crippen LogP contribution >= 0.6 is 23.0 Å². The molecule has 0 amide bonds. The monoisotopic (exact) mass is 470 g/mol. The van der Waals surface area contributed by atoms with Crippen LogP contribution in [-0.4, -0.2) is 9.55 Å². The molecule has 1 aromatic carbocycles. The number of halogens is 1. The van der Waals surface area contributed by atoms with Gasteiger partial charge in [-0.05, 0) is 54.0 Å². The van der Waals surface area contributed by atoms with Gasteiger partial charge in [0.25, 0.3) is 5.56 Å². The van der Waals surface area contributed by atoms with E-state index in [1.54, 1.807) is 6.20 Å². The van der Waals surface area contributed by atoms with Crippen LogP contribution in [0.25, 0.3) is 27.6 Å². The largest absolute Gasteiger partial charge is 0.408 e. The number of allylic oxidation sites excluding steroid dienone is 4. The Labute approximate surface area is 171 Å². The molecule has 1 aliphatic carbocycles. The van der Waals surface area contributed by atoms with Gasteiger partial charge in [0.1, 0.15) is 0 Å². The lowest BCUT2D eigenvalue weighted by Gasteiger charge is -2.17. The molecule has 4 nitrogen and oxygen atoms in total. The first kappa shape index (κ1) is 18.0. The van der Waals surface area contributed by atoms with Gasteiger partial charge >= 0.3 is 0 Å². The van der Waals surface area contributed by atoms with Crippen LogP contribution in [0.5, 0.6) is 5.88 Å². The molecule has 0 aliphatic heterocycles. The van der Waals surface area contributed by atoms with Gasteiger partial charge in [-0.2, -0.15) is 0 Å². The zero-order valence-electron chi connectivity index (χ0n) is 15.0. The Hall–Kier alpha value is -2.41. The van der Waals surface area contributed by atoms with E-state index in [1.807, 2.05) is 64.0 Å². The lowest BCUT2D eigenvalue weighted by atomic mass is 9.99. The first-order chi connectivity index (χ1) is 13.2. The molecule has 0 atom stereocenters. The lowest BCUT2D eigenvalue weighted by molar-refractivity contribution is 0.682. The van der Waals surface area contributed by atoms with Gasteiger partial charge < -0.3 is 3.07 Å². The molecule has 0 unspecified atom stereocenters.